The largest absolute Gasteiger partial charge is 0.497 e. The first-order chi connectivity index (χ1) is 11.9. The van der Waals surface area contributed by atoms with E-state index in [2.05, 4.69) is 0 Å². The summed E-state index contributed by atoms with van der Waals surface area (Å²) in [5, 5.41) is 2.12. The van der Waals surface area contributed by atoms with E-state index in [0.29, 0.717) is 19.7 Å². The SMILES string of the molecule is COc1ccc2cc([C@H]3CN(C(=O)CS(C)(=O)=O)CCO3)ccc2c1. The summed E-state index contributed by atoms with van der Waals surface area (Å²) < 4.78 is 33.7. The van der Waals surface area contributed by atoms with E-state index in [1.165, 1.54) is 0 Å². The second-order valence-electron chi connectivity index (χ2n) is 6.24. The summed E-state index contributed by atoms with van der Waals surface area (Å²) >= 11 is 0. The van der Waals surface area contributed by atoms with Crippen molar-refractivity contribution < 1.29 is 22.7 Å². The Labute approximate surface area is 147 Å². The van der Waals surface area contributed by atoms with Gasteiger partial charge in [-0.05, 0) is 34.5 Å². The van der Waals surface area contributed by atoms with E-state index in [9.17, 15) is 13.2 Å². The zero-order valence-electron chi connectivity index (χ0n) is 14.3. The van der Waals surface area contributed by atoms with Gasteiger partial charge in [0.1, 0.15) is 17.6 Å². The zero-order valence-corrected chi connectivity index (χ0v) is 15.1. The zero-order chi connectivity index (χ0) is 18.0. The van der Waals surface area contributed by atoms with Gasteiger partial charge in [0.25, 0.3) is 0 Å². The maximum atomic E-state index is 12.2. The summed E-state index contributed by atoms with van der Waals surface area (Å²) in [5.41, 5.74) is 0.967. The molecule has 7 heteroatoms. The molecule has 0 unspecified atom stereocenters. The minimum absolute atomic E-state index is 0.260. The first-order valence-corrected chi connectivity index (χ1v) is 10.1. The molecule has 0 N–H and O–H groups in total. The molecule has 0 aliphatic carbocycles. The van der Waals surface area contributed by atoms with Gasteiger partial charge in [-0.15, -0.1) is 0 Å². The van der Waals surface area contributed by atoms with Crippen LogP contribution in [-0.4, -0.2) is 58.0 Å². The molecule has 0 radical (unpaired) electrons. The molecule has 0 aromatic heterocycles. The highest BCUT2D eigenvalue weighted by Crippen LogP contribution is 2.28. The fourth-order valence-corrected chi connectivity index (χ4v) is 3.59. The summed E-state index contributed by atoms with van der Waals surface area (Å²) in [4.78, 5) is 13.7. The van der Waals surface area contributed by atoms with Gasteiger partial charge in [-0.1, -0.05) is 18.2 Å². The minimum Gasteiger partial charge on any atom is -0.497 e. The summed E-state index contributed by atoms with van der Waals surface area (Å²) in [7, 11) is -1.70. The van der Waals surface area contributed by atoms with Crippen LogP contribution in [0.3, 0.4) is 0 Å². The molecule has 0 saturated carbocycles. The molecule has 6 nitrogen and oxygen atoms in total. The molecule has 0 bridgehead atoms. The number of sulfone groups is 1. The Morgan fingerprint density at radius 2 is 1.96 bits per heavy atom. The van der Waals surface area contributed by atoms with Crippen molar-refractivity contribution in [2.45, 2.75) is 6.10 Å². The number of hydrogen-bond acceptors (Lipinski definition) is 5. The minimum atomic E-state index is -3.33. The Hall–Kier alpha value is -2.12. The molecule has 2 aromatic rings. The van der Waals surface area contributed by atoms with Gasteiger partial charge >= 0.3 is 0 Å². The van der Waals surface area contributed by atoms with E-state index in [1.807, 2.05) is 36.4 Å². The van der Waals surface area contributed by atoms with Crippen LogP contribution in [0, 0.1) is 0 Å². The molecule has 3 rings (SSSR count). The van der Waals surface area contributed by atoms with Crippen molar-refractivity contribution in [3.63, 3.8) is 0 Å². The normalized spacial score (nSPS) is 18.3. The number of methoxy groups -OCH3 is 1. The van der Waals surface area contributed by atoms with E-state index in [-0.39, 0.29) is 12.0 Å². The molecule has 1 saturated heterocycles. The lowest BCUT2D eigenvalue weighted by Crippen LogP contribution is -2.44. The molecular formula is C18H21NO5S. The molecule has 134 valence electrons. The van der Waals surface area contributed by atoms with Crippen LogP contribution in [0.2, 0.25) is 0 Å². The second-order valence-corrected chi connectivity index (χ2v) is 8.38. The lowest BCUT2D eigenvalue weighted by Gasteiger charge is -2.33. The molecule has 25 heavy (non-hydrogen) atoms. The van der Waals surface area contributed by atoms with Crippen LogP contribution < -0.4 is 4.74 Å². The quantitative estimate of drug-likeness (QED) is 0.828. The van der Waals surface area contributed by atoms with Gasteiger partial charge in [0.05, 0.1) is 20.3 Å². The molecule has 1 fully saturated rings. The predicted octanol–water partition coefficient (Wildman–Crippen LogP) is 1.79. The van der Waals surface area contributed by atoms with Crippen molar-refractivity contribution in [1.29, 1.82) is 0 Å². The molecule has 2 aromatic carbocycles. The van der Waals surface area contributed by atoms with Crippen molar-refractivity contribution in [2.24, 2.45) is 0 Å². The number of nitrogens with zero attached hydrogens (tertiary/aromatic N) is 1. The lowest BCUT2D eigenvalue weighted by molar-refractivity contribution is -0.136. The van der Waals surface area contributed by atoms with E-state index >= 15 is 0 Å². The van der Waals surface area contributed by atoms with Crippen LogP contribution in [0.15, 0.2) is 36.4 Å². The van der Waals surface area contributed by atoms with Crippen LogP contribution in [0.25, 0.3) is 10.8 Å². The van der Waals surface area contributed by atoms with Crippen molar-refractivity contribution in [2.75, 3.05) is 38.8 Å². The highest BCUT2D eigenvalue weighted by Gasteiger charge is 2.27. The van der Waals surface area contributed by atoms with Gasteiger partial charge in [-0.2, -0.15) is 0 Å². The molecule has 1 heterocycles. The summed E-state index contributed by atoms with van der Waals surface area (Å²) in [6, 6.07) is 11.8. The highest BCUT2D eigenvalue weighted by molar-refractivity contribution is 7.91. The maximum absolute atomic E-state index is 12.2. The maximum Gasteiger partial charge on any atom is 0.237 e. The highest BCUT2D eigenvalue weighted by atomic mass is 32.2. The Morgan fingerprint density at radius 3 is 2.68 bits per heavy atom. The van der Waals surface area contributed by atoms with Crippen molar-refractivity contribution in [3.05, 3.63) is 42.0 Å². The fraction of sp³-hybridized carbons (Fsp3) is 0.389. The van der Waals surface area contributed by atoms with Crippen LogP contribution >= 0.6 is 0 Å². The second kappa shape index (κ2) is 7.01. The Morgan fingerprint density at radius 1 is 1.24 bits per heavy atom. The van der Waals surface area contributed by atoms with Gasteiger partial charge in [0.2, 0.25) is 5.91 Å². The van der Waals surface area contributed by atoms with Crippen LogP contribution in [0.5, 0.6) is 5.75 Å². The summed E-state index contributed by atoms with van der Waals surface area (Å²) in [6.45, 7) is 1.16. The standard InChI is InChI=1S/C18H21NO5S/c1-23-16-6-5-13-9-15(4-3-14(13)10-16)17-11-19(7-8-24-17)18(20)12-25(2,21)22/h3-6,9-10,17H,7-8,11-12H2,1-2H3/t17-/m1/s1. The number of hydrogen-bond donors (Lipinski definition) is 0. The smallest absolute Gasteiger partial charge is 0.237 e. The first-order valence-electron chi connectivity index (χ1n) is 8.00. The third-order valence-corrected chi connectivity index (χ3v) is 5.02. The number of carbonyl (C=O) groups is 1. The predicted molar refractivity (Wildman–Crippen MR) is 95.5 cm³/mol. The van der Waals surface area contributed by atoms with Crippen molar-refractivity contribution in [3.8, 4) is 5.75 Å². The van der Waals surface area contributed by atoms with Crippen molar-refractivity contribution >= 4 is 26.5 Å². The van der Waals surface area contributed by atoms with Gasteiger partial charge in [0, 0.05) is 12.8 Å². The number of rotatable bonds is 4. The average molecular weight is 363 g/mol. The molecular weight excluding hydrogens is 342 g/mol. The van der Waals surface area contributed by atoms with Crippen LogP contribution in [0.1, 0.15) is 11.7 Å². The number of amides is 1. The number of benzene rings is 2. The van der Waals surface area contributed by atoms with Gasteiger partial charge < -0.3 is 14.4 Å². The number of morpholine rings is 1. The number of ether oxygens (including phenoxy) is 2. The third-order valence-electron chi connectivity index (χ3n) is 4.25. The summed E-state index contributed by atoms with van der Waals surface area (Å²) in [6.07, 6.45) is 0.809. The van der Waals surface area contributed by atoms with Gasteiger partial charge in [0.15, 0.2) is 9.84 Å². The van der Waals surface area contributed by atoms with Crippen LogP contribution in [0.4, 0.5) is 0 Å². The van der Waals surface area contributed by atoms with Crippen LogP contribution in [-0.2, 0) is 19.4 Å². The van der Waals surface area contributed by atoms with E-state index in [0.717, 1.165) is 28.3 Å². The Balaban J connectivity index is 1.79. The van der Waals surface area contributed by atoms with Gasteiger partial charge in [-0.25, -0.2) is 8.42 Å². The molecule has 0 spiro atoms. The number of carbonyl (C=O) groups excluding carboxylic acids is 1. The monoisotopic (exact) mass is 363 g/mol. The summed E-state index contributed by atoms with van der Waals surface area (Å²) in [5.74, 6) is -0.0370. The fourth-order valence-electron chi connectivity index (χ4n) is 2.96. The molecule has 1 aliphatic rings. The van der Waals surface area contributed by atoms with E-state index < -0.39 is 15.6 Å². The third kappa shape index (κ3) is 4.29. The Kier molecular flexibility index (Phi) is 4.96. The van der Waals surface area contributed by atoms with E-state index in [1.54, 1.807) is 12.0 Å². The first kappa shape index (κ1) is 17.7. The molecule has 1 atom stereocenters. The average Bonchev–Trinajstić information content (AvgIpc) is 2.59. The lowest BCUT2D eigenvalue weighted by atomic mass is 10.0. The topological polar surface area (TPSA) is 72.9 Å². The van der Waals surface area contributed by atoms with E-state index in [4.69, 9.17) is 9.47 Å². The number of fused-ring (bicyclic) bond motifs is 1. The molecule has 1 aliphatic heterocycles. The Bertz CT molecular complexity index is 893. The van der Waals surface area contributed by atoms with Crippen molar-refractivity contribution in [1.82, 2.24) is 4.90 Å². The van der Waals surface area contributed by atoms with Gasteiger partial charge in [-0.3, -0.25) is 4.79 Å². The molecule has 1 amide bonds.